The minimum Gasteiger partial charge on any atom is -0.368 e. The van der Waals surface area contributed by atoms with Crippen molar-refractivity contribution in [3.05, 3.63) is 12.2 Å². The quantitative estimate of drug-likeness (QED) is 0.720. The third kappa shape index (κ3) is 1.32. The standard InChI is InChI=1S/C8H11N5/c1-3-9-7-6-8(11-4-10-7)13-5(2)12-6/h4H,3H2,1-2H3,(H2,9,10,11,12,13). The van der Waals surface area contributed by atoms with Gasteiger partial charge in [0, 0.05) is 6.54 Å². The second kappa shape index (κ2) is 3.01. The lowest BCUT2D eigenvalue weighted by molar-refractivity contribution is 1.13. The summed E-state index contributed by atoms with van der Waals surface area (Å²) in [7, 11) is 0. The van der Waals surface area contributed by atoms with E-state index in [1.54, 1.807) is 0 Å². The van der Waals surface area contributed by atoms with E-state index in [4.69, 9.17) is 0 Å². The van der Waals surface area contributed by atoms with Crippen LogP contribution in [0.3, 0.4) is 0 Å². The van der Waals surface area contributed by atoms with E-state index in [9.17, 15) is 0 Å². The summed E-state index contributed by atoms with van der Waals surface area (Å²) < 4.78 is 0. The van der Waals surface area contributed by atoms with Crippen molar-refractivity contribution in [1.82, 2.24) is 19.9 Å². The molecule has 0 spiro atoms. The summed E-state index contributed by atoms with van der Waals surface area (Å²) in [4.78, 5) is 15.5. The van der Waals surface area contributed by atoms with Gasteiger partial charge in [0.25, 0.3) is 0 Å². The fourth-order valence-electron chi connectivity index (χ4n) is 1.25. The van der Waals surface area contributed by atoms with E-state index >= 15 is 0 Å². The number of fused-ring (bicyclic) bond motifs is 1. The monoisotopic (exact) mass is 177 g/mol. The smallest absolute Gasteiger partial charge is 0.183 e. The van der Waals surface area contributed by atoms with Gasteiger partial charge in [-0.1, -0.05) is 0 Å². The van der Waals surface area contributed by atoms with Crippen molar-refractivity contribution in [1.29, 1.82) is 0 Å². The van der Waals surface area contributed by atoms with Crippen LogP contribution in [0.2, 0.25) is 0 Å². The molecule has 0 amide bonds. The molecule has 2 rings (SSSR count). The van der Waals surface area contributed by atoms with Crippen LogP contribution in [0.4, 0.5) is 5.82 Å². The first-order valence-electron chi connectivity index (χ1n) is 4.22. The van der Waals surface area contributed by atoms with E-state index in [1.807, 2.05) is 13.8 Å². The van der Waals surface area contributed by atoms with Crippen LogP contribution < -0.4 is 5.32 Å². The van der Waals surface area contributed by atoms with E-state index in [0.29, 0.717) is 5.65 Å². The number of anilines is 1. The minimum atomic E-state index is 0.712. The van der Waals surface area contributed by atoms with Gasteiger partial charge in [0.05, 0.1) is 0 Å². The molecule has 0 aliphatic rings. The van der Waals surface area contributed by atoms with Crippen molar-refractivity contribution in [2.75, 3.05) is 11.9 Å². The number of rotatable bonds is 2. The first kappa shape index (κ1) is 7.97. The first-order chi connectivity index (χ1) is 6.31. The summed E-state index contributed by atoms with van der Waals surface area (Å²) in [5.74, 6) is 1.67. The van der Waals surface area contributed by atoms with Crippen molar-refractivity contribution in [3.63, 3.8) is 0 Å². The lowest BCUT2D eigenvalue weighted by Gasteiger charge is -2.00. The molecule has 0 aliphatic heterocycles. The molecule has 0 saturated heterocycles. The van der Waals surface area contributed by atoms with Gasteiger partial charge in [-0.15, -0.1) is 0 Å². The second-order valence-electron chi connectivity index (χ2n) is 2.77. The van der Waals surface area contributed by atoms with Crippen LogP contribution in [-0.2, 0) is 0 Å². The molecule has 0 aromatic carbocycles. The Bertz CT molecular complexity index is 419. The molecule has 0 atom stereocenters. The normalized spacial score (nSPS) is 10.6. The topological polar surface area (TPSA) is 66.5 Å². The molecule has 0 saturated carbocycles. The summed E-state index contributed by atoms with van der Waals surface area (Å²) in [6.07, 6.45) is 1.51. The Hall–Kier alpha value is -1.65. The number of hydrogen-bond acceptors (Lipinski definition) is 4. The molecular formula is C8H11N5. The lowest BCUT2D eigenvalue weighted by Crippen LogP contribution is -2.00. The predicted molar refractivity (Wildman–Crippen MR) is 50.6 cm³/mol. The average molecular weight is 177 g/mol. The zero-order valence-corrected chi connectivity index (χ0v) is 7.63. The molecule has 2 N–H and O–H groups in total. The Morgan fingerprint density at radius 3 is 3.08 bits per heavy atom. The van der Waals surface area contributed by atoms with E-state index in [1.165, 1.54) is 6.33 Å². The van der Waals surface area contributed by atoms with Gasteiger partial charge in [-0.2, -0.15) is 0 Å². The van der Waals surface area contributed by atoms with Crippen molar-refractivity contribution in [3.8, 4) is 0 Å². The molecular weight excluding hydrogens is 166 g/mol. The van der Waals surface area contributed by atoms with Gasteiger partial charge < -0.3 is 10.3 Å². The van der Waals surface area contributed by atoms with Crippen molar-refractivity contribution >= 4 is 17.0 Å². The highest BCUT2D eigenvalue weighted by Crippen LogP contribution is 2.15. The molecule has 2 aromatic heterocycles. The van der Waals surface area contributed by atoms with Gasteiger partial charge in [-0.05, 0) is 13.8 Å². The van der Waals surface area contributed by atoms with E-state index in [0.717, 1.165) is 23.7 Å². The maximum Gasteiger partial charge on any atom is 0.183 e. The SMILES string of the molecule is CCNc1ncnc2nc(C)[nH]c12. The van der Waals surface area contributed by atoms with Gasteiger partial charge >= 0.3 is 0 Å². The summed E-state index contributed by atoms with van der Waals surface area (Å²) in [5, 5.41) is 3.14. The van der Waals surface area contributed by atoms with Crippen molar-refractivity contribution < 1.29 is 0 Å². The van der Waals surface area contributed by atoms with Gasteiger partial charge in [0.1, 0.15) is 17.7 Å². The Morgan fingerprint density at radius 2 is 2.31 bits per heavy atom. The zero-order chi connectivity index (χ0) is 9.26. The first-order valence-corrected chi connectivity index (χ1v) is 4.22. The number of hydrogen-bond donors (Lipinski definition) is 2. The number of aromatic amines is 1. The number of imidazole rings is 1. The predicted octanol–water partition coefficient (Wildman–Crippen LogP) is 1.09. The van der Waals surface area contributed by atoms with Crippen molar-refractivity contribution in [2.24, 2.45) is 0 Å². The molecule has 0 aliphatic carbocycles. The number of aromatic nitrogens is 4. The largest absolute Gasteiger partial charge is 0.368 e. The Labute approximate surface area is 75.6 Å². The van der Waals surface area contributed by atoms with Gasteiger partial charge in [0.2, 0.25) is 0 Å². The van der Waals surface area contributed by atoms with Crippen molar-refractivity contribution in [2.45, 2.75) is 13.8 Å². The molecule has 0 radical (unpaired) electrons. The zero-order valence-electron chi connectivity index (χ0n) is 7.63. The van der Waals surface area contributed by atoms with E-state index < -0.39 is 0 Å². The summed E-state index contributed by atoms with van der Waals surface area (Å²) in [6, 6.07) is 0. The molecule has 5 nitrogen and oxygen atoms in total. The lowest BCUT2D eigenvalue weighted by atomic mass is 10.5. The number of aryl methyl sites for hydroxylation is 1. The van der Waals surface area contributed by atoms with Crippen LogP contribution >= 0.6 is 0 Å². The van der Waals surface area contributed by atoms with Gasteiger partial charge in [-0.3, -0.25) is 0 Å². The van der Waals surface area contributed by atoms with Crippen LogP contribution in [0.1, 0.15) is 12.7 Å². The molecule has 0 unspecified atom stereocenters. The van der Waals surface area contributed by atoms with Gasteiger partial charge in [0.15, 0.2) is 11.5 Å². The Morgan fingerprint density at radius 1 is 1.46 bits per heavy atom. The Kier molecular flexibility index (Phi) is 1.84. The molecule has 5 heteroatoms. The fourth-order valence-corrected chi connectivity index (χ4v) is 1.25. The highest BCUT2D eigenvalue weighted by atomic mass is 15.1. The van der Waals surface area contributed by atoms with Crippen LogP contribution in [0.5, 0.6) is 0 Å². The maximum absolute atomic E-state index is 4.21. The summed E-state index contributed by atoms with van der Waals surface area (Å²) in [5.41, 5.74) is 1.59. The number of H-pyrrole nitrogens is 1. The Balaban J connectivity index is 2.60. The molecule has 2 heterocycles. The number of nitrogens with zero attached hydrogens (tertiary/aromatic N) is 3. The third-order valence-corrected chi connectivity index (χ3v) is 1.75. The molecule has 0 bridgehead atoms. The van der Waals surface area contributed by atoms with Crippen LogP contribution in [0.15, 0.2) is 6.33 Å². The highest BCUT2D eigenvalue weighted by molar-refractivity contribution is 5.82. The fraction of sp³-hybridized carbons (Fsp3) is 0.375. The van der Waals surface area contributed by atoms with Crippen LogP contribution in [-0.4, -0.2) is 26.5 Å². The van der Waals surface area contributed by atoms with Crippen LogP contribution in [0, 0.1) is 6.92 Å². The van der Waals surface area contributed by atoms with Crippen LogP contribution in [0.25, 0.3) is 11.2 Å². The number of nitrogens with one attached hydrogen (secondary N) is 2. The molecule has 0 fully saturated rings. The molecule has 13 heavy (non-hydrogen) atoms. The average Bonchev–Trinajstić information content (AvgIpc) is 2.47. The van der Waals surface area contributed by atoms with E-state index in [2.05, 4.69) is 25.3 Å². The minimum absolute atomic E-state index is 0.712. The highest BCUT2D eigenvalue weighted by Gasteiger charge is 2.05. The summed E-state index contributed by atoms with van der Waals surface area (Å²) >= 11 is 0. The van der Waals surface area contributed by atoms with E-state index in [-0.39, 0.29) is 0 Å². The summed E-state index contributed by atoms with van der Waals surface area (Å²) in [6.45, 7) is 4.76. The third-order valence-electron chi connectivity index (χ3n) is 1.75. The second-order valence-corrected chi connectivity index (χ2v) is 2.77. The molecule has 2 aromatic rings. The maximum atomic E-state index is 4.21. The molecule has 68 valence electrons. The van der Waals surface area contributed by atoms with Gasteiger partial charge in [-0.25, -0.2) is 15.0 Å².